The van der Waals surface area contributed by atoms with Gasteiger partial charge in [-0.15, -0.1) is 0 Å². The number of aryl methyl sites for hydroxylation is 2. The van der Waals surface area contributed by atoms with E-state index in [4.69, 9.17) is 4.74 Å². The molecule has 0 aliphatic carbocycles. The van der Waals surface area contributed by atoms with Crippen LogP contribution in [0.15, 0.2) is 30.3 Å². The first-order chi connectivity index (χ1) is 16.2. The molecule has 0 bridgehead atoms. The average Bonchev–Trinajstić information content (AvgIpc) is 3.20. The first-order valence-electron chi connectivity index (χ1n) is 11.1. The zero-order valence-electron chi connectivity index (χ0n) is 19.3. The van der Waals surface area contributed by atoms with Gasteiger partial charge in [-0.2, -0.15) is 0 Å². The standard InChI is InChI=1S/C24H26N4O5S/c1-14-6-8-27(9-7-14)18-5-4-17(12-19(18)28(31)32)23(30)33-13-21(29)25-24-26-22-16(3)10-15(2)11-20(22)34-24/h4-5,10-12,14H,6-9,13H2,1-3H3,(H,25,26,29). The minimum atomic E-state index is -0.798. The number of benzene rings is 2. The van der Waals surface area contributed by atoms with Crippen molar-refractivity contribution >= 4 is 49.9 Å². The molecule has 0 radical (unpaired) electrons. The minimum Gasteiger partial charge on any atom is -0.452 e. The third kappa shape index (κ3) is 5.17. The van der Waals surface area contributed by atoms with E-state index < -0.39 is 23.4 Å². The van der Waals surface area contributed by atoms with E-state index in [0.29, 0.717) is 16.7 Å². The highest BCUT2D eigenvalue weighted by Crippen LogP contribution is 2.33. The largest absolute Gasteiger partial charge is 0.452 e. The molecule has 1 aliphatic rings. The van der Waals surface area contributed by atoms with E-state index in [1.165, 1.54) is 23.5 Å². The second-order valence-corrected chi connectivity index (χ2v) is 9.73. The van der Waals surface area contributed by atoms with E-state index in [9.17, 15) is 19.7 Å². The monoisotopic (exact) mass is 482 g/mol. The van der Waals surface area contributed by atoms with Crippen molar-refractivity contribution in [3.8, 4) is 0 Å². The molecule has 178 valence electrons. The number of hydrogen-bond acceptors (Lipinski definition) is 8. The summed E-state index contributed by atoms with van der Waals surface area (Å²) in [6.07, 6.45) is 1.92. The molecule has 4 rings (SSSR count). The SMILES string of the molecule is Cc1cc(C)c2nc(NC(=O)COC(=O)c3ccc(N4CCC(C)CC4)c([N+](=O)[O-])c3)sc2c1. The van der Waals surface area contributed by atoms with Gasteiger partial charge in [-0.25, -0.2) is 9.78 Å². The van der Waals surface area contributed by atoms with Crippen molar-refractivity contribution in [1.29, 1.82) is 0 Å². The molecule has 10 heteroatoms. The molecular weight excluding hydrogens is 456 g/mol. The van der Waals surface area contributed by atoms with Gasteiger partial charge in [0.1, 0.15) is 5.69 Å². The van der Waals surface area contributed by atoms with Crippen molar-refractivity contribution in [2.45, 2.75) is 33.6 Å². The molecule has 1 saturated heterocycles. The predicted molar refractivity (Wildman–Crippen MR) is 132 cm³/mol. The number of carbonyl (C=O) groups is 2. The van der Waals surface area contributed by atoms with Crippen LogP contribution < -0.4 is 10.2 Å². The molecule has 0 unspecified atom stereocenters. The summed E-state index contributed by atoms with van der Waals surface area (Å²) in [5, 5.41) is 14.7. The van der Waals surface area contributed by atoms with Gasteiger partial charge in [0.2, 0.25) is 0 Å². The summed E-state index contributed by atoms with van der Waals surface area (Å²) >= 11 is 1.34. The van der Waals surface area contributed by atoms with Gasteiger partial charge >= 0.3 is 5.97 Å². The van der Waals surface area contributed by atoms with E-state index in [-0.39, 0.29) is 11.3 Å². The quantitative estimate of drug-likeness (QED) is 0.303. The van der Waals surface area contributed by atoms with Crippen molar-refractivity contribution in [3.63, 3.8) is 0 Å². The van der Waals surface area contributed by atoms with Gasteiger partial charge < -0.3 is 9.64 Å². The molecule has 2 heterocycles. The summed E-state index contributed by atoms with van der Waals surface area (Å²) in [6, 6.07) is 8.31. The first kappa shape index (κ1) is 23.6. The highest BCUT2D eigenvalue weighted by atomic mass is 32.1. The van der Waals surface area contributed by atoms with Gasteiger partial charge in [0.25, 0.3) is 11.6 Å². The number of hydrogen-bond donors (Lipinski definition) is 1. The van der Waals surface area contributed by atoms with Crippen molar-refractivity contribution in [2.75, 3.05) is 29.9 Å². The fourth-order valence-corrected chi connectivity index (χ4v) is 5.17. The van der Waals surface area contributed by atoms with Gasteiger partial charge in [-0.05, 0) is 61.9 Å². The van der Waals surface area contributed by atoms with Crippen LogP contribution in [0.5, 0.6) is 0 Å². The summed E-state index contributed by atoms with van der Waals surface area (Å²) < 4.78 is 6.06. The lowest BCUT2D eigenvalue weighted by molar-refractivity contribution is -0.384. The minimum absolute atomic E-state index is 0.0275. The van der Waals surface area contributed by atoms with Gasteiger partial charge in [-0.1, -0.05) is 24.3 Å². The molecule has 3 aromatic rings. The number of thiazole rings is 1. The molecule has 0 saturated carbocycles. The maximum Gasteiger partial charge on any atom is 0.338 e. The Kier molecular flexibility index (Phi) is 6.78. The molecule has 9 nitrogen and oxygen atoms in total. The number of piperidine rings is 1. The Morgan fingerprint density at radius 2 is 1.97 bits per heavy atom. The van der Waals surface area contributed by atoms with Crippen LogP contribution in [0.25, 0.3) is 10.2 Å². The molecule has 1 fully saturated rings. The number of aromatic nitrogens is 1. The molecule has 1 N–H and O–H groups in total. The Hall–Kier alpha value is -3.53. The van der Waals surface area contributed by atoms with Gasteiger partial charge in [0.05, 0.1) is 20.7 Å². The van der Waals surface area contributed by atoms with Crippen LogP contribution in [0, 0.1) is 29.9 Å². The molecule has 2 aromatic carbocycles. The number of esters is 1. The molecular formula is C24H26N4O5S. The van der Waals surface area contributed by atoms with Crippen LogP contribution in [-0.4, -0.2) is 41.5 Å². The molecule has 1 aliphatic heterocycles. The predicted octanol–water partition coefficient (Wildman–Crippen LogP) is 4.85. The lowest BCUT2D eigenvalue weighted by Gasteiger charge is -2.31. The van der Waals surface area contributed by atoms with Crippen LogP contribution in [0.1, 0.15) is 41.3 Å². The number of nitrogens with zero attached hydrogens (tertiary/aromatic N) is 3. The summed E-state index contributed by atoms with van der Waals surface area (Å²) in [6.45, 7) is 7.06. The number of rotatable bonds is 6. The smallest absolute Gasteiger partial charge is 0.338 e. The van der Waals surface area contributed by atoms with Crippen LogP contribution >= 0.6 is 11.3 Å². The molecule has 1 amide bonds. The number of ether oxygens (including phenoxy) is 1. The number of carbonyl (C=O) groups excluding carboxylic acids is 2. The average molecular weight is 483 g/mol. The van der Waals surface area contributed by atoms with Crippen molar-refractivity contribution in [2.24, 2.45) is 5.92 Å². The Labute approximate surface area is 200 Å². The lowest BCUT2D eigenvalue weighted by Crippen LogP contribution is -2.33. The van der Waals surface area contributed by atoms with E-state index in [1.807, 2.05) is 30.9 Å². The summed E-state index contributed by atoms with van der Waals surface area (Å²) in [4.78, 5) is 42.3. The summed E-state index contributed by atoms with van der Waals surface area (Å²) in [5.41, 5.74) is 3.32. The van der Waals surface area contributed by atoms with E-state index in [2.05, 4.69) is 17.2 Å². The van der Waals surface area contributed by atoms with Crippen molar-refractivity contribution < 1.29 is 19.2 Å². The van der Waals surface area contributed by atoms with Crippen LogP contribution in [-0.2, 0) is 9.53 Å². The van der Waals surface area contributed by atoms with Crippen molar-refractivity contribution in [3.05, 3.63) is 57.1 Å². The number of amides is 1. The summed E-state index contributed by atoms with van der Waals surface area (Å²) in [7, 11) is 0. The van der Waals surface area contributed by atoms with Gasteiger partial charge in [0.15, 0.2) is 11.7 Å². The summed E-state index contributed by atoms with van der Waals surface area (Å²) in [5.74, 6) is -0.741. The molecule has 1 aromatic heterocycles. The van der Waals surface area contributed by atoms with Crippen LogP contribution in [0.4, 0.5) is 16.5 Å². The highest BCUT2D eigenvalue weighted by molar-refractivity contribution is 7.22. The number of nitro benzene ring substituents is 1. The topological polar surface area (TPSA) is 115 Å². The fraction of sp³-hybridized carbons (Fsp3) is 0.375. The maximum atomic E-state index is 12.5. The molecule has 34 heavy (non-hydrogen) atoms. The fourth-order valence-electron chi connectivity index (χ4n) is 4.11. The number of nitro groups is 1. The normalized spacial score (nSPS) is 14.3. The van der Waals surface area contributed by atoms with Crippen LogP contribution in [0.3, 0.4) is 0 Å². The van der Waals surface area contributed by atoms with Gasteiger partial charge in [0, 0.05) is 19.2 Å². The number of anilines is 2. The third-order valence-corrected chi connectivity index (χ3v) is 6.86. The third-order valence-electron chi connectivity index (χ3n) is 5.94. The molecule has 0 spiro atoms. The van der Waals surface area contributed by atoms with Gasteiger partial charge in [-0.3, -0.25) is 20.2 Å². The zero-order valence-corrected chi connectivity index (χ0v) is 20.1. The van der Waals surface area contributed by atoms with E-state index in [1.54, 1.807) is 6.07 Å². The second-order valence-electron chi connectivity index (χ2n) is 8.70. The van der Waals surface area contributed by atoms with E-state index in [0.717, 1.165) is 47.3 Å². The Morgan fingerprint density at radius 3 is 2.68 bits per heavy atom. The first-order valence-corrected chi connectivity index (χ1v) is 11.9. The highest BCUT2D eigenvalue weighted by Gasteiger charge is 2.25. The number of fused-ring (bicyclic) bond motifs is 1. The Balaban J connectivity index is 1.40. The van der Waals surface area contributed by atoms with Crippen molar-refractivity contribution in [1.82, 2.24) is 4.98 Å². The lowest BCUT2D eigenvalue weighted by atomic mass is 9.98. The molecule has 0 atom stereocenters. The Bertz CT molecular complexity index is 1260. The second kappa shape index (κ2) is 9.76. The Morgan fingerprint density at radius 1 is 1.24 bits per heavy atom. The van der Waals surface area contributed by atoms with E-state index >= 15 is 0 Å². The maximum absolute atomic E-state index is 12.5. The zero-order chi connectivity index (χ0) is 24.4. The number of nitrogens with one attached hydrogen (secondary N) is 1. The van der Waals surface area contributed by atoms with Crippen LogP contribution in [0.2, 0.25) is 0 Å².